The fourth-order valence-electron chi connectivity index (χ4n) is 4.12. The highest BCUT2D eigenvalue weighted by Gasteiger charge is 2.47. The minimum absolute atomic E-state index is 0.254. The van der Waals surface area contributed by atoms with Crippen LogP contribution in [0.5, 0.6) is 17.2 Å². The molecular formula is C27H23ClO5. The molecule has 2 aliphatic rings. The van der Waals surface area contributed by atoms with Crippen LogP contribution in [0.25, 0.3) is 6.08 Å². The SMILES string of the molecule is CC1(C)C=Cc2c(ccc3c2OCC(O)(c2ccc(Cl)cc2OCc2ccccc2)C3=O)O1. The zero-order valence-corrected chi connectivity index (χ0v) is 19.1. The van der Waals surface area contributed by atoms with Crippen LogP contribution < -0.4 is 14.2 Å². The van der Waals surface area contributed by atoms with Gasteiger partial charge in [0.1, 0.15) is 36.1 Å². The van der Waals surface area contributed by atoms with Crippen LogP contribution in [-0.4, -0.2) is 23.1 Å². The number of benzene rings is 3. The predicted octanol–water partition coefficient (Wildman–Crippen LogP) is 5.57. The molecule has 0 spiro atoms. The first kappa shape index (κ1) is 21.6. The molecule has 1 unspecified atom stereocenters. The molecule has 0 fully saturated rings. The van der Waals surface area contributed by atoms with E-state index in [1.54, 1.807) is 30.3 Å². The lowest BCUT2D eigenvalue weighted by Gasteiger charge is -2.36. The Labute approximate surface area is 197 Å². The molecule has 0 saturated carbocycles. The molecule has 0 saturated heterocycles. The summed E-state index contributed by atoms with van der Waals surface area (Å²) < 4.78 is 18.0. The number of fused-ring (bicyclic) bond motifs is 3. The third kappa shape index (κ3) is 3.88. The maximum atomic E-state index is 13.6. The van der Waals surface area contributed by atoms with Gasteiger partial charge in [0.2, 0.25) is 5.78 Å². The van der Waals surface area contributed by atoms with Crippen molar-refractivity contribution in [1.29, 1.82) is 0 Å². The van der Waals surface area contributed by atoms with Crippen molar-refractivity contribution in [2.24, 2.45) is 0 Å². The van der Waals surface area contributed by atoms with Crippen LogP contribution in [-0.2, 0) is 12.2 Å². The summed E-state index contributed by atoms with van der Waals surface area (Å²) in [5, 5.41) is 12.0. The Hall–Kier alpha value is -3.28. The number of carbonyl (C=O) groups excluding carboxylic acids is 1. The van der Waals surface area contributed by atoms with Crippen molar-refractivity contribution in [3.8, 4) is 17.2 Å². The molecule has 0 bridgehead atoms. The van der Waals surface area contributed by atoms with E-state index >= 15 is 0 Å². The van der Waals surface area contributed by atoms with E-state index < -0.39 is 17.0 Å². The standard InChI is InChI=1S/C27H23ClO5/c1-26(2)13-12-19-22(33-26)11-9-20-24(19)32-16-27(30,25(20)29)21-10-8-18(28)14-23(21)31-15-17-6-4-3-5-7-17/h3-14,30H,15-16H2,1-2H3. The number of ketones is 1. The van der Waals surface area contributed by atoms with Gasteiger partial charge in [0.25, 0.3) is 0 Å². The Morgan fingerprint density at radius 3 is 2.67 bits per heavy atom. The van der Waals surface area contributed by atoms with Gasteiger partial charge in [0.05, 0.1) is 11.1 Å². The number of rotatable bonds is 4. The molecule has 3 aromatic rings. The van der Waals surface area contributed by atoms with Gasteiger partial charge in [-0.25, -0.2) is 0 Å². The second kappa shape index (κ2) is 7.94. The highest BCUT2D eigenvalue weighted by atomic mass is 35.5. The van der Waals surface area contributed by atoms with Crippen LogP contribution in [0, 0.1) is 0 Å². The molecule has 168 valence electrons. The predicted molar refractivity (Wildman–Crippen MR) is 126 cm³/mol. The minimum atomic E-state index is -1.92. The molecule has 2 heterocycles. The second-order valence-corrected chi connectivity index (χ2v) is 9.22. The average molecular weight is 463 g/mol. The van der Waals surface area contributed by atoms with Gasteiger partial charge >= 0.3 is 0 Å². The number of Topliss-reactive ketones (excluding diaryl/α,β-unsaturated/α-hetero) is 1. The Morgan fingerprint density at radius 1 is 1.09 bits per heavy atom. The summed E-state index contributed by atoms with van der Waals surface area (Å²) in [5.41, 5.74) is -0.124. The molecule has 0 aromatic heterocycles. The monoisotopic (exact) mass is 462 g/mol. The van der Waals surface area contributed by atoms with Gasteiger partial charge < -0.3 is 19.3 Å². The van der Waals surface area contributed by atoms with E-state index in [4.69, 9.17) is 25.8 Å². The zero-order valence-electron chi connectivity index (χ0n) is 18.3. The smallest absolute Gasteiger partial charge is 0.206 e. The van der Waals surface area contributed by atoms with Crippen LogP contribution in [0.2, 0.25) is 5.02 Å². The molecule has 0 radical (unpaired) electrons. The van der Waals surface area contributed by atoms with Crippen LogP contribution in [0.15, 0.2) is 66.7 Å². The van der Waals surface area contributed by atoms with E-state index in [9.17, 15) is 9.90 Å². The molecule has 5 nitrogen and oxygen atoms in total. The van der Waals surface area contributed by atoms with E-state index in [0.717, 1.165) is 5.56 Å². The van der Waals surface area contributed by atoms with Crippen molar-refractivity contribution >= 4 is 23.5 Å². The van der Waals surface area contributed by atoms with Crippen LogP contribution in [0.1, 0.15) is 40.9 Å². The molecule has 1 N–H and O–H groups in total. The molecule has 33 heavy (non-hydrogen) atoms. The van der Waals surface area contributed by atoms with E-state index in [1.807, 2.05) is 56.3 Å². The highest BCUT2D eigenvalue weighted by Crippen LogP contribution is 2.45. The summed E-state index contributed by atoms with van der Waals surface area (Å²) in [6, 6.07) is 17.8. The lowest BCUT2D eigenvalue weighted by atomic mass is 9.83. The van der Waals surface area contributed by atoms with Gasteiger partial charge in [0, 0.05) is 10.6 Å². The first-order chi connectivity index (χ1) is 15.8. The summed E-state index contributed by atoms with van der Waals surface area (Å²) in [6.45, 7) is 3.92. The van der Waals surface area contributed by atoms with Gasteiger partial charge in [-0.1, -0.05) is 48.0 Å². The topological polar surface area (TPSA) is 65.0 Å². The van der Waals surface area contributed by atoms with Crippen molar-refractivity contribution in [2.45, 2.75) is 31.7 Å². The lowest BCUT2D eigenvalue weighted by Crippen LogP contribution is -2.45. The lowest BCUT2D eigenvalue weighted by molar-refractivity contribution is -0.00689. The van der Waals surface area contributed by atoms with Crippen molar-refractivity contribution in [3.05, 3.63) is 94.0 Å². The van der Waals surface area contributed by atoms with E-state index in [1.165, 1.54) is 0 Å². The number of halogens is 1. The molecule has 2 aliphatic heterocycles. The Morgan fingerprint density at radius 2 is 1.88 bits per heavy atom. The van der Waals surface area contributed by atoms with Crippen LogP contribution in [0.3, 0.4) is 0 Å². The van der Waals surface area contributed by atoms with E-state index in [2.05, 4.69) is 0 Å². The third-order valence-corrected chi connectivity index (χ3v) is 6.09. The van der Waals surface area contributed by atoms with Crippen LogP contribution in [0.4, 0.5) is 0 Å². The summed E-state index contributed by atoms with van der Waals surface area (Å²) >= 11 is 6.20. The van der Waals surface area contributed by atoms with E-state index in [0.29, 0.717) is 39.0 Å². The number of hydrogen-bond acceptors (Lipinski definition) is 5. The molecular weight excluding hydrogens is 440 g/mol. The number of hydrogen-bond donors (Lipinski definition) is 1. The van der Waals surface area contributed by atoms with Crippen LogP contribution >= 0.6 is 11.6 Å². The van der Waals surface area contributed by atoms with Gasteiger partial charge in [-0.3, -0.25) is 4.79 Å². The van der Waals surface area contributed by atoms with E-state index in [-0.39, 0.29) is 13.2 Å². The largest absolute Gasteiger partial charge is 0.488 e. The summed E-state index contributed by atoms with van der Waals surface area (Å²) in [4.78, 5) is 13.6. The summed E-state index contributed by atoms with van der Waals surface area (Å²) in [6.07, 6.45) is 3.81. The van der Waals surface area contributed by atoms with Crippen molar-refractivity contribution in [2.75, 3.05) is 6.61 Å². The molecule has 5 rings (SSSR count). The fraction of sp³-hybridized carbons (Fsp3) is 0.222. The third-order valence-electron chi connectivity index (χ3n) is 5.85. The van der Waals surface area contributed by atoms with Gasteiger partial charge in [-0.15, -0.1) is 0 Å². The van der Waals surface area contributed by atoms with Gasteiger partial charge in [-0.05, 0) is 55.8 Å². The number of ether oxygens (including phenoxy) is 3. The first-order valence-corrected chi connectivity index (χ1v) is 11.1. The molecule has 1 atom stereocenters. The number of aliphatic hydroxyl groups is 1. The van der Waals surface area contributed by atoms with Gasteiger partial charge in [0.15, 0.2) is 5.60 Å². The number of carbonyl (C=O) groups is 1. The first-order valence-electron chi connectivity index (χ1n) is 10.7. The van der Waals surface area contributed by atoms with Crippen molar-refractivity contribution in [1.82, 2.24) is 0 Å². The van der Waals surface area contributed by atoms with Crippen molar-refractivity contribution < 1.29 is 24.1 Å². The van der Waals surface area contributed by atoms with Crippen molar-refractivity contribution in [3.63, 3.8) is 0 Å². The maximum absolute atomic E-state index is 13.6. The summed E-state index contributed by atoms with van der Waals surface area (Å²) in [7, 11) is 0. The van der Waals surface area contributed by atoms with Gasteiger partial charge in [-0.2, -0.15) is 0 Å². The average Bonchev–Trinajstić information content (AvgIpc) is 2.80. The molecule has 0 amide bonds. The molecule has 6 heteroatoms. The summed E-state index contributed by atoms with van der Waals surface area (Å²) in [5.74, 6) is 0.918. The molecule has 3 aromatic carbocycles. The second-order valence-electron chi connectivity index (χ2n) is 8.79. The quantitative estimate of drug-likeness (QED) is 0.549. The minimum Gasteiger partial charge on any atom is -0.488 e. The normalized spacial score (nSPS) is 20.3. The highest BCUT2D eigenvalue weighted by molar-refractivity contribution is 6.30. The fourth-order valence-corrected chi connectivity index (χ4v) is 4.28. The Kier molecular flexibility index (Phi) is 5.19. The Balaban J connectivity index is 1.51. The molecule has 0 aliphatic carbocycles. The zero-order chi connectivity index (χ0) is 23.2. The maximum Gasteiger partial charge on any atom is 0.206 e. The Bertz CT molecular complexity index is 1270.